The number of nitrogens with zero attached hydrogens (tertiary/aromatic N) is 1. The number of carbonyl (C=O) groups is 4. The number of likely N-dealkylation sites (tertiary alicyclic amines) is 1. The molecule has 5 rings (SSSR count). The third-order valence-electron chi connectivity index (χ3n) is 6.91. The number of hydrogen-bond donors (Lipinski definition) is 1. The monoisotopic (exact) mass is 512 g/mol. The summed E-state index contributed by atoms with van der Waals surface area (Å²) >= 11 is 11.9. The zero-order valence-corrected chi connectivity index (χ0v) is 20.0. The number of nitrogens with one attached hydrogen (secondary N) is 1. The number of fused-ring (bicyclic) bond motifs is 5. The minimum Gasteiger partial charge on any atom is -0.454 e. The first kappa shape index (κ1) is 23.6. The number of rotatable bonds is 7. The van der Waals surface area contributed by atoms with Crippen LogP contribution < -0.4 is 5.32 Å². The number of esters is 1. The molecule has 1 saturated carbocycles. The Bertz CT molecular complexity index is 1200. The van der Waals surface area contributed by atoms with Crippen molar-refractivity contribution in [1.29, 1.82) is 0 Å². The van der Waals surface area contributed by atoms with E-state index in [0.29, 0.717) is 10.7 Å². The summed E-state index contributed by atoms with van der Waals surface area (Å²) in [6.45, 7) is -0.583. The molecule has 3 aliphatic rings. The van der Waals surface area contributed by atoms with E-state index in [1.807, 2.05) is 42.5 Å². The summed E-state index contributed by atoms with van der Waals surface area (Å²) in [5.41, 5.74) is 1.16. The summed E-state index contributed by atoms with van der Waals surface area (Å²) < 4.78 is 5.29. The molecule has 2 aromatic rings. The Labute approximate surface area is 212 Å². The van der Waals surface area contributed by atoms with E-state index < -0.39 is 36.4 Å². The van der Waals surface area contributed by atoms with Crippen LogP contribution in [0, 0.1) is 23.7 Å². The highest BCUT2D eigenvalue weighted by Crippen LogP contribution is 2.53. The normalized spacial score (nSPS) is 25.0. The van der Waals surface area contributed by atoms with Crippen molar-refractivity contribution in [1.82, 2.24) is 4.90 Å². The lowest BCUT2D eigenvalue weighted by molar-refractivity contribution is -0.160. The summed E-state index contributed by atoms with van der Waals surface area (Å²) in [4.78, 5) is 53.3. The number of imide groups is 1. The van der Waals surface area contributed by atoms with Gasteiger partial charge in [0.05, 0.1) is 21.9 Å². The van der Waals surface area contributed by atoms with E-state index in [1.54, 1.807) is 6.07 Å². The molecule has 2 aromatic carbocycles. The summed E-state index contributed by atoms with van der Waals surface area (Å²) in [6, 6.07) is 12.5. The fourth-order valence-corrected chi connectivity index (χ4v) is 5.65. The first-order valence-corrected chi connectivity index (χ1v) is 12.1. The van der Waals surface area contributed by atoms with E-state index in [4.69, 9.17) is 27.9 Å². The second-order valence-corrected chi connectivity index (χ2v) is 9.85. The quantitative estimate of drug-likeness (QED) is 0.345. The zero-order valence-electron chi connectivity index (χ0n) is 18.5. The SMILES string of the molecule is O=C(COC(=O)[C@H](Cc1ccccc1)N1C(=O)[C@@H]2[C@@H](C1=O)[C@H]1C=C[C@H]2C1)Nc1ccc(Cl)c(Cl)c1. The van der Waals surface area contributed by atoms with Crippen LogP contribution in [0.15, 0.2) is 60.7 Å². The van der Waals surface area contributed by atoms with Gasteiger partial charge in [-0.15, -0.1) is 0 Å². The number of carbonyl (C=O) groups excluding carboxylic acids is 4. The summed E-state index contributed by atoms with van der Waals surface area (Å²) in [7, 11) is 0. The van der Waals surface area contributed by atoms with Crippen molar-refractivity contribution in [2.24, 2.45) is 23.7 Å². The molecule has 2 bridgehead atoms. The van der Waals surface area contributed by atoms with Gasteiger partial charge >= 0.3 is 5.97 Å². The topological polar surface area (TPSA) is 92.8 Å². The summed E-state index contributed by atoms with van der Waals surface area (Å²) in [5.74, 6) is -2.88. The fourth-order valence-electron chi connectivity index (χ4n) is 5.35. The molecule has 2 fully saturated rings. The average Bonchev–Trinajstić information content (AvgIpc) is 3.53. The van der Waals surface area contributed by atoms with Crippen molar-refractivity contribution in [3.05, 3.63) is 76.3 Å². The first-order valence-electron chi connectivity index (χ1n) is 11.3. The second kappa shape index (κ2) is 9.47. The molecule has 1 N–H and O–H groups in total. The van der Waals surface area contributed by atoms with E-state index >= 15 is 0 Å². The molecule has 180 valence electrons. The van der Waals surface area contributed by atoms with E-state index in [2.05, 4.69) is 5.32 Å². The molecule has 0 radical (unpaired) electrons. The van der Waals surface area contributed by atoms with Gasteiger partial charge in [0.15, 0.2) is 6.61 Å². The van der Waals surface area contributed by atoms with E-state index in [-0.39, 0.29) is 35.1 Å². The highest BCUT2D eigenvalue weighted by Gasteiger charge is 2.61. The molecule has 5 atom stereocenters. The maximum absolute atomic E-state index is 13.3. The lowest BCUT2D eigenvalue weighted by atomic mass is 9.85. The van der Waals surface area contributed by atoms with E-state index in [0.717, 1.165) is 16.9 Å². The smallest absolute Gasteiger partial charge is 0.330 e. The number of amides is 3. The average molecular weight is 513 g/mol. The second-order valence-electron chi connectivity index (χ2n) is 9.04. The fraction of sp³-hybridized carbons (Fsp3) is 0.308. The van der Waals surface area contributed by atoms with Gasteiger partial charge in [-0.2, -0.15) is 0 Å². The van der Waals surface area contributed by atoms with Crippen molar-refractivity contribution in [2.75, 3.05) is 11.9 Å². The molecule has 1 aliphatic heterocycles. The molecular formula is C26H22Cl2N2O5. The highest BCUT2D eigenvalue weighted by atomic mass is 35.5. The Morgan fingerprint density at radius 3 is 2.26 bits per heavy atom. The van der Waals surface area contributed by atoms with Crippen LogP contribution in [0.2, 0.25) is 10.0 Å². The highest BCUT2D eigenvalue weighted by molar-refractivity contribution is 6.42. The van der Waals surface area contributed by atoms with Crippen molar-refractivity contribution in [3.8, 4) is 0 Å². The minimum atomic E-state index is -1.15. The molecule has 0 unspecified atom stereocenters. The summed E-state index contributed by atoms with van der Waals surface area (Å²) in [6.07, 6.45) is 4.90. The molecule has 35 heavy (non-hydrogen) atoms. The maximum Gasteiger partial charge on any atom is 0.330 e. The number of anilines is 1. The standard InChI is InChI=1S/C26H22Cl2N2O5/c27-18-9-8-17(12-19(18)28)29-21(31)13-35-26(34)20(10-14-4-2-1-3-5-14)30-24(32)22-15-6-7-16(11-15)23(22)25(30)33/h1-9,12,15-16,20,22-23H,10-11,13H2,(H,29,31)/t15-,16-,20-,22-,23-/m0/s1. The van der Waals surface area contributed by atoms with E-state index in [9.17, 15) is 19.2 Å². The third kappa shape index (κ3) is 4.46. The Morgan fingerprint density at radius 2 is 1.63 bits per heavy atom. The van der Waals surface area contributed by atoms with Gasteiger partial charge in [-0.25, -0.2) is 4.79 Å². The Hall–Kier alpha value is -3.16. The number of hydrogen-bond acceptors (Lipinski definition) is 5. The zero-order chi connectivity index (χ0) is 24.7. The first-order chi connectivity index (χ1) is 16.8. The van der Waals surface area contributed by atoms with Gasteiger partial charge in [0.25, 0.3) is 5.91 Å². The molecule has 1 heterocycles. The van der Waals surface area contributed by atoms with Crippen molar-refractivity contribution in [2.45, 2.75) is 18.9 Å². The molecule has 9 heteroatoms. The van der Waals surface area contributed by atoms with Gasteiger partial charge < -0.3 is 10.1 Å². The molecule has 2 aliphatic carbocycles. The summed E-state index contributed by atoms with van der Waals surface area (Å²) in [5, 5.41) is 3.19. The van der Waals surface area contributed by atoms with Gasteiger partial charge in [0.1, 0.15) is 6.04 Å². The molecule has 1 saturated heterocycles. The van der Waals surface area contributed by atoms with Gasteiger partial charge in [0.2, 0.25) is 11.8 Å². The van der Waals surface area contributed by atoms with Crippen LogP contribution in [0.5, 0.6) is 0 Å². The van der Waals surface area contributed by atoms with Gasteiger partial charge in [0, 0.05) is 12.1 Å². The Kier molecular flexibility index (Phi) is 6.38. The largest absolute Gasteiger partial charge is 0.454 e. The van der Waals surface area contributed by atoms with Crippen LogP contribution in [-0.2, 0) is 30.3 Å². The number of halogens is 2. The predicted octanol–water partition coefficient (Wildman–Crippen LogP) is 3.89. The van der Waals surface area contributed by atoms with Gasteiger partial charge in [-0.05, 0) is 42.0 Å². The van der Waals surface area contributed by atoms with Crippen molar-refractivity contribution < 1.29 is 23.9 Å². The number of benzene rings is 2. The minimum absolute atomic E-state index is 0.0248. The van der Waals surface area contributed by atoms with Crippen LogP contribution in [0.25, 0.3) is 0 Å². The van der Waals surface area contributed by atoms with Crippen LogP contribution in [-0.4, -0.2) is 41.2 Å². The lowest BCUT2D eigenvalue weighted by Crippen LogP contribution is -2.48. The number of ether oxygens (including phenoxy) is 1. The third-order valence-corrected chi connectivity index (χ3v) is 7.65. The van der Waals surface area contributed by atoms with Crippen LogP contribution in [0.4, 0.5) is 5.69 Å². The maximum atomic E-state index is 13.3. The predicted molar refractivity (Wildman–Crippen MR) is 130 cm³/mol. The number of allylic oxidation sites excluding steroid dienone is 2. The Morgan fingerprint density at radius 1 is 0.971 bits per heavy atom. The lowest BCUT2D eigenvalue weighted by Gasteiger charge is -2.26. The van der Waals surface area contributed by atoms with Crippen LogP contribution >= 0.6 is 23.2 Å². The van der Waals surface area contributed by atoms with Crippen LogP contribution in [0.1, 0.15) is 12.0 Å². The van der Waals surface area contributed by atoms with Gasteiger partial charge in [-0.3, -0.25) is 19.3 Å². The molecule has 7 nitrogen and oxygen atoms in total. The molecule has 0 spiro atoms. The van der Waals surface area contributed by atoms with Crippen molar-refractivity contribution >= 4 is 52.6 Å². The molecule has 0 aromatic heterocycles. The van der Waals surface area contributed by atoms with E-state index in [1.165, 1.54) is 12.1 Å². The molecule has 3 amide bonds. The molecular weight excluding hydrogens is 491 g/mol. The van der Waals surface area contributed by atoms with Crippen LogP contribution in [0.3, 0.4) is 0 Å². The van der Waals surface area contributed by atoms with Crippen molar-refractivity contribution in [3.63, 3.8) is 0 Å². The Balaban J connectivity index is 1.31. The van der Waals surface area contributed by atoms with Gasteiger partial charge in [-0.1, -0.05) is 65.7 Å².